The van der Waals surface area contributed by atoms with Gasteiger partial charge < -0.3 is 5.43 Å². The topological polar surface area (TPSA) is 49.4 Å². The van der Waals surface area contributed by atoms with Crippen LogP contribution >= 0.6 is 0 Å². The zero-order valence-electron chi connectivity index (χ0n) is 19.5. The van der Waals surface area contributed by atoms with Crippen molar-refractivity contribution >= 4 is 17.3 Å². The summed E-state index contributed by atoms with van der Waals surface area (Å²) in [5.74, 6) is -0.884. The number of piperidine rings is 1. The van der Waals surface area contributed by atoms with Crippen molar-refractivity contribution in [2.75, 3.05) is 18.5 Å². The summed E-state index contributed by atoms with van der Waals surface area (Å²) < 4.78 is 0. The van der Waals surface area contributed by atoms with E-state index in [1.54, 1.807) is 0 Å². The van der Waals surface area contributed by atoms with E-state index in [1.165, 1.54) is 0 Å². The Bertz CT molecular complexity index is 1200. The molecule has 0 unspecified atom stereocenters. The number of anilines is 1. The van der Waals surface area contributed by atoms with E-state index in [0.717, 1.165) is 11.3 Å². The zero-order chi connectivity index (χ0) is 24.0. The lowest BCUT2D eigenvalue weighted by Gasteiger charge is -2.43. The fourth-order valence-corrected chi connectivity index (χ4v) is 5.11. The van der Waals surface area contributed by atoms with Crippen molar-refractivity contribution in [3.8, 4) is 0 Å². The van der Waals surface area contributed by atoms with Crippen LogP contribution in [0, 0.1) is 11.8 Å². The van der Waals surface area contributed by atoms with Crippen LogP contribution in [-0.4, -0.2) is 29.7 Å². The van der Waals surface area contributed by atoms with Gasteiger partial charge in [-0.1, -0.05) is 109 Å². The van der Waals surface area contributed by atoms with Crippen LogP contribution in [0.25, 0.3) is 0 Å². The van der Waals surface area contributed by atoms with Gasteiger partial charge in [0.15, 0.2) is 11.6 Å². The van der Waals surface area contributed by atoms with E-state index in [9.17, 15) is 9.59 Å². The number of nitrogens with zero attached hydrogens (tertiary/aromatic N) is 1. The van der Waals surface area contributed by atoms with Crippen molar-refractivity contribution in [3.05, 3.63) is 138 Å². The van der Waals surface area contributed by atoms with Crippen LogP contribution in [0.15, 0.2) is 121 Å². The van der Waals surface area contributed by atoms with Crippen LogP contribution in [0.3, 0.4) is 0 Å². The largest absolute Gasteiger partial charge is 0.319 e. The predicted molar refractivity (Wildman–Crippen MR) is 139 cm³/mol. The molecule has 2 atom stereocenters. The minimum absolute atomic E-state index is 0.0601. The maximum Gasteiger partial charge on any atom is 0.167 e. The molecule has 1 N–H and O–H groups in total. The molecule has 0 saturated carbocycles. The maximum atomic E-state index is 13.9. The third kappa shape index (κ3) is 5.08. The number of carbonyl (C=O) groups excluding carboxylic acids is 2. The normalized spacial score (nSPS) is 18.6. The SMILES string of the molecule is O=C(c1ccccc1)[C@H]1CN(Nc2ccccc2)C[C@H](C(=O)c2ccccc2)C1c1ccccc1. The molecule has 0 aliphatic carbocycles. The minimum atomic E-state index is -0.387. The number of rotatable bonds is 7. The fourth-order valence-electron chi connectivity index (χ4n) is 5.11. The van der Waals surface area contributed by atoms with Crippen molar-refractivity contribution in [2.45, 2.75) is 5.92 Å². The molecule has 1 fully saturated rings. The summed E-state index contributed by atoms with van der Waals surface area (Å²) in [4.78, 5) is 27.8. The third-order valence-corrected chi connectivity index (χ3v) is 6.74. The molecule has 4 nitrogen and oxygen atoms in total. The highest BCUT2D eigenvalue weighted by Gasteiger charge is 2.45. The van der Waals surface area contributed by atoms with E-state index in [-0.39, 0.29) is 29.3 Å². The van der Waals surface area contributed by atoms with E-state index in [2.05, 4.69) is 5.43 Å². The standard InChI is InChI=1S/C31H28N2O2/c34-30(24-15-7-2-8-16-24)27-21-33(32-26-19-11-4-12-20-26)22-28(29(27)23-13-5-1-6-14-23)31(35)25-17-9-3-10-18-25/h1-20,27-29,32H,21-22H2/t27-,28-/m0/s1. The van der Waals surface area contributed by atoms with Gasteiger partial charge in [-0.05, 0) is 17.7 Å². The molecule has 4 heteroatoms. The van der Waals surface area contributed by atoms with Crippen LogP contribution in [0.1, 0.15) is 32.2 Å². The molecule has 0 amide bonds. The molecule has 5 rings (SSSR count). The molecule has 1 saturated heterocycles. The highest BCUT2D eigenvalue weighted by molar-refractivity contribution is 6.02. The molecular weight excluding hydrogens is 432 g/mol. The average Bonchev–Trinajstić information content (AvgIpc) is 2.94. The van der Waals surface area contributed by atoms with Gasteiger partial charge in [-0.15, -0.1) is 0 Å². The first-order valence-electron chi connectivity index (χ1n) is 12.0. The van der Waals surface area contributed by atoms with E-state index >= 15 is 0 Å². The monoisotopic (exact) mass is 460 g/mol. The Morgan fingerprint density at radius 1 is 0.571 bits per heavy atom. The Balaban J connectivity index is 1.57. The van der Waals surface area contributed by atoms with E-state index in [1.807, 2.05) is 126 Å². The molecule has 1 aliphatic heterocycles. The maximum absolute atomic E-state index is 13.9. The van der Waals surface area contributed by atoms with Gasteiger partial charge in [-0.2, -0.15) is 0 Å². The summed E-state index contributed by atoms with van der Waals surface area (Å²) in [6, 6.07) is 38.8. The first-order chi connectivity index (χ1) is 17.2. The first-order valence-corrected chi connectivity index (χ1v) is 12.0. The van der Waals surface area contributed by atoms with Gasteiger partial charge in [0.2, 0.25) is 0 Å². The van der Waals surface area contributed by atoms with E-state index in [0.29, 0.717) is 24.2 Å². The Kier molecular flexibility index (Phi) is 6.82. The van der Waals surface area contributed by atoms with Crippen LogP contribution < -0.4 is 5.43 Å². The molecule has 0 spiro atoms. The van der Waals surface area contributed by atoms with Gasteiger partial charge in [-0.3, -0.25) is 9.59 Å². The minimum Gasteiger partial charge on any atom is -0.319 e. The second kappa shape index (κ2) is 10.5. The number of carbonyl (C=O) groups is 2. The van der Waals surface area contributed by atoms with Crippen molar-refractivity contribution in [1.82, 2.24) is 5.01 Å². The number of hydrazine groups is 1. The van der Waals surface area contributed by atoms with Gasteiger partial charge in [-0.25, -0.2) is 5.01 Å². The molecule has 4 aromatic carbocycles. The summed E-state index contributed by atoms with van der Waals surface area (Å²) >= 11 is 0. The highest BCUT2D eigenvalue weighted by Crippen LogP contribution is 2.40. The quantitative estimate of drug-likeness (QED) is 0.338. The third-order valence-electron chi connectivity index (χ3n) is 6.74. The number of nitrogens with one attached hydrogen (secondary N) is 1. The Labute approximate surface area is 206 Å². The Morgan fingerprint density at radius 3 is 1.43 bits per heavy atom. The number of benzene rings is 4. The summed E-state index contributed by atoms with van der Waals surface area (Å²) in [7, 11) is 0. The van der Waals surface area contributed by atoms with Gasteiger partial charge >= 0.3 is 0 Å². The molecule has 0 bridgehead atoms. The molecule has 1 heterocycles. The predicted octanol–water partition coefficient (Wildman–Crippen LogP) is 6.11. The van der Waals surface area contributed by atoms with Crippen molar-refractivity contribution in [2.24, 2.45) is 11.8 Å². The Hall–Kier alpha value is -4.02. The average molecular weight is 461 g/mol. The lowest BCUT2D eigenvalue weighted by atomic mass is 9.69. The Morgan fingerprint density at radius 2 is 0.971 bits per heavy atom. The number of hydrogen-bond donors (Lipinski definition) is 1. The van der Waals surface area contributed by atoms with Gasteiger partial charge in [0.05, 0.1) is 0 Å². The first kappa shape index (κ1) is 22.8. The number of para-hydroxylation sites is 1. The molecule has 0 radical (unpaired) electrons. The van der Waals surface area contributed by atoms with Crippen molar-refractivity contribution in [3.63, 3.8) is 0 Å². The lowest BCUT2D eigenvalue weighted by molar-refractivity contribution is 0.0622. The number of hydrogen-bond acceptors (Lipinski definition) is 4. The van der Waals surface area contributed by atoms with Crippen molar-refractivity contribution in [1.29, 1.82) is 0 Å². The second-order valence-electron chi connectivity index (χ2n) is 8.99. The molecule has 4 aromatic rings. The number of Topliss-reactive ketones (excluding diaryl/α,β-unsaturated/α-hetero) is 2. The molecular formula is C31H28N2O2. The van der Waals surface area contributed by atoms with E-state index < -0.39 is 0 Å². The molecule has 35 heavy (non-hydrogen) atoms. The van der Waals surface area contributed by atoms with Crippen LogP contribution in [0.5, 0.6) is 0 Å². The fraction of sp³-hybridized carbons (Fsp3) is 0.161. The van der Waals surface area contributed by atoms with Gasteiger partial charge in [0.25, 0.3) is 0 Å². The molecule has 0 aromatic heterocycles. The summed E-state index contributed by atoms with van der Waals surface area (Å²) in [6.45, 7) is 1.00. The second-order valence-corrected chi connectivity index (χ2v) is 8.99. The zero-order valence-corrected chi connectivity index (χ0v) is 19.5. The summed E-state index contributed by atoms with van der Waals surface area (Å²) in [6.07, 6.45) is 0. The molecule has 174 valence electrons. The number of ketones is 2. The highest BCUT2D eigenvalue weighted by atomic mass is 16.1. The summed E-state index contributed by atoms with van der Waals surface area (Å²) in [5, 5.41) is 2.03. The van der Waals surface area contributed by atoms with Gasteiger partial charge in [0.1, 0.15) is 0 Å². The van der Waals surface area contributed by atoms with Crippen LogP contribution in [-0.2, 0) is 0 Å². The van der Waals surface area contributed by atoms with Crippen LogP contribution in [0.2, 0.25) is 0 Å². The molecule has 1 aliphatic rings. The smallest absolute Gasteiger partial charge is 0.167 e. The van der Waals surface area contributed by atoms with Crippen molar-refractivity contribution < 1.29 is 9.59 Å². The summed E-state index contributed by atoms with van der Waals surface area (Å²) in [5.41, 5.74) is 6.76. The van der Waals surface area contributed by atoms with Gasteiger partial charge in [0, 0.05) is 47.7 Å². The lowest BCUT2D eigenvalue weighted by Crippen LogP contribution is -2.52. The van der Waals surface area contributed by atoms with E-state index in [4.69, 9.17) is 0 Å². The van der Waals surface area contributed by atoms with Crippen LogP contribution in [0.4, 0.5) is 5.69 Å².